The van der Waals surface area contributed by atoms with Crippen molar-refractivity contribution in [3.8, 4) is 0 Å². The van der Waals surface area contributed by atoms with E-state index in [0.717, 1.165) is 43.7 Å². The molecule has 0 radical (unpaired) electrons. The first kappa shape index (κ1) is 15.8. The fraction of sp³-hybridized carbons (Fsp3) is 0.562. The SMILES string of the molecule is CCNCc1cc(F)ccc1N1CCC(C(=O)NC)CC1. The molecule has 0 unspecified atom stereocenters. The topological polar surface area (TPSA) is 44.4 Å². The number of amides is 1. The third-order valence-corrected chi connectivity index (χ3v) is 4.06. The van der Waals surface area contributed by atoms with Crippen molar-refractivity contribution >= 4 is 11.6 Å². The van der Waals surface area contributed by atoms with Gasteiger partial charge in [0.15, 0.2) is 0 Å². The monoisotopic (exact) mass is 293 g/mol. The van der Waals surface area contributed by atoms with Crippen LogP contribution < -0.4 is 15.5 Å². The number of nitrogens with zero attached hydrogens (tertiary/aromatic N) is 1. The number of hydrogen-bond donors (Lipinski definition) is 2. The van der Waals surface area contributed by atoms with Gasteiger partial charge >= 0.3 is 0 Å². The van der Waals surface area contributed by atoms with Gasteiger partial charge in [0.05, 0.1) is 0 Å². The van der Waals surface area contributed by atoms with Crippen molar-refractivity contribution in [1.29, 1.82) is 0 Å². The van der Waals surface area contributed by atoms with Gasteiger partial charge in [-0.25, -0.2) is 4.39 Å². The average molecular weight is 293 g/mol. The van der Waals surface area contributed by atoms with Crippen molar-refractivity contribution in [1.82, 2.24) is 10.6 Å². The Labute approximate surface area is 125 Å². The molecule has 2 N–H and O–H groups in total. The van der Waals surface area contributed by atoms with Crippen molar-refractivity contribution in [3.05, 3.63) is 29.6 Å². The van der Waals surface area contributed by atoms with Crippen LogP contribution in [0, 0.1) is 11.7 Å². The molecule has 1 heterocycles. The predicted octanol–water partition coefficient (Wildman–Crippen LogP) is 1.90. The minimum absolute atomic E-state index is 0.101. The Morgan fingerprint density at radius 2 is 2.10 bits per heavy atom. The summed E-state index contributed by atoms with van der Waals surface area (Å²) >= 11 is 0. The van der Waals surface area contributed by atoms with E-state index in [4.69, 9.17) is 0 Å². The second-order valence-electron chi connectivity index (χ2n) is 5.43. The number of hydrogen-bond acceptors (Lipinski definition) is 3. The average Bonchev–Trinajstić information content (AvgIpc) is 2.52. The van der Waals surface area contributed by atoms with Gasteiger partial charge in [0, 0.05) is 38.3 Å². The van der Waals surface area contributed by atoms with E-state index in [2.05, 4.69) is 15.5 Å². The number of rotatable bonds is 5. The van der Waals surface area contributed by atoms with Gasteiger partial charge in [-0.1, -0.05) is 6.92 Å². The molecule has 0 saturated carbocycles. The number of carbonyl (C=O) groups is 1. The van der Waals surface area contributed by atoms with Crippen LogP contribution in [0.5, 0.6) is 0 Å². The zero-order valence-corrected chi connectivity index (χ0v) is 12.8. The van der Waals surface area contributed by atoms with Crippen molar-refractivity contribution in [2.24, 2.45) is 5.92 Å². The summed E-state index contributed by atoms with van der Waals surface area (Å²) in [5.41, 5.74) is 2.06. The highest BCUT2D eigenvalue weighted by Gasteiger charge is 2.25. The molecular weight excluding hydrogens is 269 g/mol. The molecule has 116 valence electrons. The van der Waals surface area contributed by atoms with E-state index in [1.54, 1.807) is 13.1 Å². The van der Waals surface area contributed by atoms with Gasteiger partial charge in [-0.3, -0.25) is 4.79 Å². The zero-order valence-electron chi connectivity index (χ0n) is 12.8. The molecule has 0 bridgehead atoms. The van der Waals surface area contributed by atoms with Gasteiger partial charge in [-0.15, -0.1) is 0 Å². The van der Waals surface area contributed by atoms with Gasteiger partial charge in [-0.2, -0.15) is 0 Å². The summed E-state index contributed by atoms with van der Waals surface area (Å²) in [6.07, 6.45) is 1.69. The summed E-state index contributed by atoms with van der Waals surface area (Å²) in [4.78, 5) is 13.9. The summed E-state index contributed by atoms with van der Waals surface area (Å²) < 4.78 is 13.5. The molecule has 1 aliphatic heterocycles. The Balaban J connectivity index is 2.07. The second-order valence-corrected chi connectivity index (χ2v) is 5.43. The van der Waals surface area contributed by atoms with E-state index in [0.29, 0.717) is 6.54 Å². The van der Waals surface area contributed by atoms with Crippen LogP contribution in [0.4, 0.5) is 10.1 Å². The van der Waals surface area contributed by atoms with Crippen molar-refractivity contribution < 1.29 is 9.18 Å². The molecule has 1 aromatic rings. The Morgan fingerprint density at radius 3 is 2.71 bits per heavy atom. The largest absolute Gasteiger partial charge is 0.371 e. The molecule has 1 amide bonds. The van der Waals surface area contributed by atoms with E-state index in [9.17, 15) is 9.18 Å². The van der Waals surface area contributed by atoms with Gasteiger partial charge in [0.1, 0.15) is 5.82 Å². The zero-order chi connectivity index (χ0) is 15.2. The van der Waals surface area contributed by atoms with Crippen LogP contribution in [0.1, 0.15) is 25.3 Å². The van der Waals surface area contributed by atoms with Crippen LogP contribution in [0.25, 0.3) is 0 Å². The maximum absolute atomic E-state index is 13.5. The molecule has 0 aliphatic carbocycles. The Kier molecular flexibility index (Phi) is 5.56. The summed E-state index contributed by atoms with van der Waals surface area (Å²) in [7, 11) is 1.68. The number of anilines is 1. The lowest BCUT2D eigenvalue weighted by molar-refractivity contribution is -0.125. The first-order chi connectivity index (χ1) is 10.2. The molecule has 1 aromatic carbocycles. The molecule has 21 heavy (non-hydrogen) atoms. The highest BCUT2D eigenvalue weighted by Crippen LogP contribution is 2.27. The van der Waals surface area contributed by atoms with Crippen LogP contribution >= 0.6 is 0 Å². The minimum atomic E-state index is -0.202. The summed E-state index contributed by atoms with van der Waals surface area (Å²) in [6, 6.07) is 4.96. The van der Waals surface area contributed by atoms with E-state index < -0.39 is 0 Å². The highest BCUT2D eigenvalue weighted by molar-refractivity contribution is 5.78. The molecule has 4 nitrogen and oxygen atoms in total. The van der Waals surface area contributed by atoms with E-state index in [1.165, 1.54) is 6.07 Å². The van der Waals surface area contributed by atoms with Crippen LogP contribution in [-0.4, -0.2) is 32.6 Å². The Bertz CT molecular complexity index is 484. The quantitative estimate of drug-likeness (QED) is 0.871. The number of piperidine rings is 1. The number of carbonyl (C=O) groups excluding carboxylic acids is 1. The van der Waals surface area contributed by atoms with Gasteiger partial charge in [-0.05, 0) is 43.1 Å². The van der Waals surface area contributed by atoms with Crippen LogP contribution in [0.15, 0.2) is 18.2 Å². The fourth-order valence-corrected chi connectivity index (χ4v) is 2.85. The lowest BCUT2D eigenvalue weighted by Crippen LogP contribution is -2.40. The van der Waals surface area contributed by atoms with E-state index in [-0.39, 0.29) is 17.6 Å². The molecule has 0 aromatic heterocycles. The summed E-state index contributed by atoms with van der Waals surface area (Å²) in [6.45, 7) is 5.23. The lowest BCUT2D eigenvalue weighted by Gasteiger charge is -2.34. The predicted molar refractivity (Wildman–Crippen MR) is 82.8 cm³/mol. The first-order valence-corrected chi connectivity index (χ1v) is 7.61. The first-order valence-electron chi connectivity index (χ1n) is 7.61. The molecule has 1 saturated heterocycles. The van der Waals surface area contributed by atoms with E-state index >= 15 is 0 Å². The lowest BCUT2D eigenvalue weighted by atomic mass is 9.95. The summed E-state index contributed by atoms with van der Waals surface area (Å²) in [5, 5.41) is 5.97. The number of benzene rings is 1. The second kappa shape index (κ2) is 7.41. The van der Waals surface area contributed by atoms with Crippen molar-refractivity contribution in [3.63, 3.8) is 0 Å². The Morgan fingerprint density at radius 1 is 1.38 bits per heavy atom. The Hall–Kier alpha value is -1.62. The van der Waals surface area contributed by atoms with Crippen LogP contribution in [-0.2, 0) is 11.3 Å². The van der Waals surface area contributed by atoms with Gasteiger partial charge in [0.2, 0.25) is 5.91 Å². The fourth-order valence-electron chi connectivity index (χ4n) is 2.85. The minimum Gasteiger partial charge on any atom is -0.371 e. The third-order valence-electron chi connectivity index (χ3n) is 4.06. The molecule has 1 fully saturated rings. The standard InChI is InChI=1S/C16H24FN3O/c1-3-19-11-13-10-14(17)4-5-15(13)20-8-6-12(7-9-20)16(21)18-2/h4-5,10,12,19H,3,6-9,11H2,1-2H3,(H,18,21). The molecule has 0 spiro atoms. The molecule has 0 atom stereocenters. The van der Waals surface area contributed by atoms with Crippen LogP contribution in [0.2, 0.25) is 0 Å². The molecule has 5 heteroatoms. The van der Waals surface area contributed by atoms with Gasteiger partial charge in [0.25, 0.3) is 0 Å². The van der Waals surface area contributed by atoms with Crippen LogP contribution in [0.3, 0.4) is 0 Å². The maximum atomic E-state index is 13.5. The van der Waals surface area contributed by atoms with Crippen molar-refractivity contribution in [2.45, 2.75) is 26.3 Å². The molecule has 1 aliphatic rings. The van der Waals surface area contributed by atoms with Gasteiger partial charge < -0.3 is 15.5 Å². The van der Waals surface area contributed by atoms with E-state index in [1.807, 2.05) is 13.0 Å². The molecule has 2 rings (SSSR count). The summed E-state index contributed by atoms with van der Waals surface area (Å²) in [5.74, 6) is 0.0254. The maximum Gasteiger partial charge on any atom is 0.222 e. The number of halogens is 1. The normalized spacial score (nSPS) is 16.0. The smallest absolute Gasteiger partial charge is 0.222 e. The molecular formula is C16H24FN3O. The highest BCUT2D eigenvalue weighted by atomic mass is 19.1. The van der Waals surface area contributed by atoms with Crippen molar-refractivity contribution in [2.75, 3.05) is 31.6 Å². The number of nitrogens with one attached hydrogen (secondary N) is 2. The third kappa shape index (κ3) is 3.94.